The predicted octanol–water partition coefficient (Wildman–Crippen LogP) is 5.94. The summed E-state index contributed by atoms with van der Waals surface area (Å²) in [4.78, 5) is 22.9. The van der Waals surface area contributed by atoms with E-state index in [1.165, 1.54) is 6.07 Å². The third kappa shape index (κ3) is 5.49. The molecule has 2 aromatic carbocycles. The molecule has 0 spiro atoms. The second kappa shape index (κ2) is 8.58. The van der Waals surface area contributed by atoms with Crippen LogP contribution in [-0.2, 0) is 0 Å². The summed E-state index contributed by atoms with van der Waals surface area (Å²) < 4.78 is 40.0. The first-order chi connectivity index (χ1) is 11.6. The fraction of sp³-hybridized carbons (Fsp3) is 0.0588. The van der Waals surface area contributed by atoms with E-state index in [0.29, 0.717) is 6.08 Å². The van der Waals surface area contributed by atoms with E-state index in [2.05, 4.69) is 0 Å². The van der Waals surface area contributed by atoms with Crippen LogP contribution in [0.15, 0.2) is 48.5 Å². The lowest BCUT2D eigenvalue weighted by atomic mass is 10.0. The molecule has 0 aromatic heterocycles. The molecule has 0 saturated heterocycles. The van der Waals surface area contributed by atoms with E-state index in [0.717, 1.165) is 36.4 Å². The van der Waals surface area contributed by atoms with Gasteiger partial charge in [-0.2, -0.15) is 13.2 Å². The van der Waals surface area contributed by atoms with Crippen LogP contribution in [0.3, 0.4) is 0 Å². The molecule has 2 rings (SSSR count). The molecule has 0 atom stereocenters. The maximum absolute atomic E-state index is 13.3. The molecule has 0 unspecified atom stereocenters. The highest BCUT2D eigenvalue weighted by Gasteiger charge is 2.35. The summed E-state index contributed by atoms with van der Waals surface area (Å²) in [5.74, 6) is -2.14. The van der Waals surface area contributed by atoms with Crippen molar-refractivity contribution < 1.29 is 27.9 Å². The number of rotatable bonds is 4. The van der Waals surface area contributed by atoms with Gasteiger partial charge in [0.1, 0.15) is 0 Å². The van der Waals surface area contributed by atoms with Crippen molar-refractivity contribution in [1.29, 1.82) is 0 Å². The van der Waals surface area contributed by atoms with Crippen molar-refractivity contribution in [2.75, 3.05) is 0 Å². The van der Waals surface area contributed by atoms with Crippen LogP contribution in [0.25, 0.3) is 5.57 Å². The zero-order chi connectivity index (χ0) is 18.8. The average Bonchev–Trinajstić information content (AvgIpc) is 2.50. The molecular formula is C17H10Cl3F3O3. The number of carbonyl (C=O) groups is 2. The lowest BCUT2D eigenvalue weighted by molar-refractivity contribution is -0.0689. The summed E-state index contributed by atoms with van der Waals surface area (Å²) in [6.07, 6.45) is -4.39. The van der Waals surface area contributed by atoms with Crippen LogP contribution in [0.2, 0.25) is 10.0 Å². The number of ketones is 1. The maximum atomic E-state index is 13.3. The predicted molar refractivity (Wildman–Crippen MR) is 95.5 cm³/mol. The summed E-state index contributed by atoms with van der Waals surface area (Å²) in [5.41, 5.74) is -1.72. The van der Waals surface area contributed by atoms with Gasteiger partial charge in [0.15, 0.2) is 5.78 Å². The molecule has 138 valence electrons. The Labute approximate surface area is 162 Å². The molecule has 1 N–H and O–H groups in total. The molecule has 0 aliphatic rings. The fourth-order valence-electron chi connectivity index (χ4n) is 2.03. The number of hydrogen-bond donors (Lipinski definition) is 1. The number of carboxylic acids is 1. The van der Waals surface area contributed by atoms with Crippen molar-refractivity contribution >= 4 is 52.9 Å². The van der Waals surface area contributed by atoms with Crippen molar-refractivity contribution in [2.45, 2.75) is 6.18 Å². The monoisotopic (exact) mass is 424 g/mol. The third-order valence-electron chi connectivity index (χ3n) is 3.17. The number of benzene rings is 2. The molecule has 2 aromatic rings. The van der Waals surface area contributed by atoms with Crippen molar-refractivity contribution in [1.82, 2.24) is 0 Å². The van der Waals surface area contributed by atoms with E-state index in [4.69, 9.17) is 28.3 Å². The van der Waals surface area contributed by atoms with Crippen LogP contribution < -0.4 is 0 Å². The Morgan fingerprint density at radius 1 is 0.885 bits per heavy atom. The number of alkyl halides is 3. The second-order valence-corrected chi connectivity index (χ2v) is 5.83. The van der Waals surface area contributed by atoms with E-state index in [9.17, 15) is 22.8 Å². The summed E-state index contributed by atoms with van der Waals surface area (Å²) in [6.45, 7) is 0. The molecule has 0 radical (unpaired) electrons. The number of carboxylic acid groups (broad SMARTS) is 1. The number of allylic oxidation sites excluding steroid dienone is 2. The quantitative estimate of drug-likeness (QED) is 0.487. The van der Waals surface area contributed by atoms with Crippen LogP contribution in [-0.4, -0.2) is 23.0 Å². The molecule has 0 fully saturated rings. The first-order valence-corrected chi connectivity index (χ1v) is 7.46. The van der Waals surface area contributed by atoms with Crippen LogP contribution in [0, 0.1) is 0 Å². The average molecular weight is 426 g/mol. The fourth-order valence-corrected chi connectivity index (χ4v) is 2.56. The van der Waals surface area contributed by atoms with Crippen molar-refractivity contribution in [3.63, 3.8) is 0 Å². The minimum atomic E-state index is -4.81. The normalized spacial score (nSPS) is 11.7. The van der Waals surface area contributed by atoms with Crippen LogP contribution in [0.4, 0.5) is 13.2 Å². The highest BCUT2D eigenvalue weighted by atomic mass is 35.5. The van der Waals surface area contributed by atoms with Gasteiger partial charge in [-0.05, 0) is 42.0 Å². The SMILES string of the molecule is Cl.O=C(O)c1ccc(C(=O)C=C(c2cc(Cl)cc(Cl)c2)C(F)(F)F)cc1. The van der Waals surface area contributed by atoms with Crippen molar-refractivity contribution in [3.8, 4) is 0 Å². The van der Waals surface area contributed by atoms with Gasteiger partial charge in [-0.25, -0.2) is 4.79 Å². The van der Waals surface area contributed by atoms with E-state index in [-0.39, 0.29) is 39.1 Å². The molecule has 0 heterocycles. The van der Waals surface area contributed by atoms with Crippen LogP contribution in [0.1, 0.15) is 26.3 Å². The van der Waals surface area contributed by atoms with Gasteiger partial charge >= 0.3 is 12.1 Å². The minimum absolute atomic E-state index is 0. The Balaban J connectivity index is 0.00000338. The van der Waals surface area contributed by atoms with Gasteiger partial charge in [-0.1, -0.05) is 35.3 Å². The largest absolute Gasteiger partial charge is 0.478 e. The molecule has 0 saturated carbocycles. The van der Waals surface area contributed by atoms with Gasteiger partial charge < -0.3 is 5.11 Å². The topological polar surface area (TPSA) is 54.4 Å². The van der Waals surface area contributed by atoms with Gasteiger partial charge in [0.25, 0.3) is 0 Å². The molecule has 0 aliphatic heterocycles. The first kappa shape index (κ1) is 22.0. The van der Waals surface area contributed by atoms with Crippen LogP contribution >= 0.6 is 35.6 Å². The Morgan fingerprint density at radius 3 is 1.77 bits per heavy atom. The van der Waals surface area contributed by atoms with Gasteiger partial charge in [-0.15, -0.1) is 12.4 Å². The first-order valence-electron chi connectivity index (χ1n) is 6.71. The number of carbonyl (C=O) groups excluding carboxylic acids is 1. The Kier molecular flexibility index (Phi) is 7.26. The highest BCUT2D eigenvalue weighted by molar-refractivity contribution is 6.35. The van der Waals surface area contributed by atoms with E-state index in [1.807, 2.05) is 0 Å². The number of hydrogen-bond acceptors (Lipinski definition) is 2. The van der Waals surface area contributed by atoms with Gasteiger partial charge in [0, 0.05) is 15.6 Å². The third-order valence-corrected chi connectivity index (χ3v) is 3.61. The second-order valence-electron chi connectivity index (χ2n) is 4.96. The molecule has 3 nitrogen and oxygen atoms in total. The zero-order valence-electron chi connectivity index (χ0n) is 12.7. The zero-order valence-corrected chi connectivity index (χ0v) is 15.0. The molecular weight excluding hydrogens is 416 g/mol. The number of aromatic carboxylic acids is 1. The Bertz CT molecular complexity index is 840. The summed E-state index contributed by atoms with van der Waals surface area (Å²) >= 11 is 11.5. The smallest absolute Gasteiger partial charge is 0.417 e. The molecule has 0 amide bonds. The molecule has 0 aliphatic carbocycles. The van der Waals surface area contributed by atoms with Crippen LogP contribution in [0.5, 0.6) is 0 Å². The Morgan fingerprint density at radius 2 is 1.35 bits per heavy atom. The van der Waals surface area contributed by atoms with Gasteiger partial charge in [-0.3, -0.25) is 4.79 Å². The van der Waals surface area contributed by atoms with Gasteiger partial charge in [0.2, 0.25) is 0 Å². The lowest BCUT2D eigenvalue weighted by Gasteiger charge is -2.13. The van der Waals surface area contributed by atoms with Crippen molar-refractivity contribution in [2.24, 2.45) is 0 Å². The Hall–Kier alpha value is -2.02. The highest BCUT2D eigenvalue weighted by Crippen LogP contribution is 2.36. The maximum Gasteiger partial charge on any atom is 0.417 e. The van der Waals surface area contributed by atoms with E-state index in [1.54, 1.807) is 0 Å². The summed E-state index contributed by atoms with van der Waals surface area (Å²) in [6, 6.07) is 7.91. The number of halogens is 6. The molecule has 0 bridgehead atoms. The minimum Gasteiger partial charge on any atom is -0.478 e. The van der Waals surface area contributed by atoms with E-state index < -0.39 is 23.5 Å². The molecule has 9 heteroatoms. The lowest BCUT2D eigenvalue weighted by Crippen LogP contribution is -2.13. The van der Waals surface area contributed by atoms with Crippen molar-refractivity contribution in [3.05, 3.63) is 75.3 Å². The summed E-state index contributed by atoms with van der Waals surface area (Å²) in [5, 5.41) is 8.79. The van der Waals surface area contributed by atoms with Gasteiger partial charge in [0.05, 0.1) is 11.1 Å². The standard InChI is InChI=1S/C17H9Cl2F3O3.ClH/c18-12-5-11(6-13(19)7-12)14(17(20,21)22)8-15(23)9-1-3-10(4-2-9)16(24)25;/h1-8H,(H,24,25);1H. The molecule has 26 heavy (non-hydrogen) atoms. The summed E-state index contributed by atoms with van der Waals surface area (Å²) in [7, 11) is 0. The van der Waals surface area contributed by atoms with E-state index >= 15 is 0 Å².